The summed E-state index contributed by atoms with van der Waals surface area (Å²) in [7, 11) is 3.51. The van der Waals surface area contributed by atoms with E-state index in [2.05, 4.69) is 0 Å². The molecule has 0 saturated heterocycles. The third kappa shape index (κ3) is 3.03. The van der Waals surface area contributed by atoms with E-state index >= 15 is 0 Å². The van der Waals surface area contributed by atoms with Crippen molar-refractivity contribution in [1.82, 2.24) is 4.90 Å². The Hall–Kier alpha value is -1.51. The first-order chi connectivity index (χ1) is 8.52. The summed E-state index contributed by atoms with van der Waals surface area (Å²) in [6.07, 6.45) is 0.863. The van der Waals surface area contributed by atoms with Crippen molar-refractivity contribution >= 4 is 5.91 Å². The molecule has 0 saturated carbocycles. The highest BCUT2D eigenvalue weighted by atomic mass is 16.5. The summed E-state index contributed by atoms with van der Waals surface area (Å²) < 4.78 is 5.35. The highest BCUT2D eigenvalue weighted by Crippen LogP contribution is 2.29. The van der Waals surface area contributed by atoms with Gasteiger partial charge in [0.05, 0.1) is 13.2 Å². The molecule has 0 aliphatic carbocycles. The maximum absolute atomic E-state index is 12.2. The second-order valence-electron chi connectivity index (χ2n) is 4.68. The lowest BCUT2D eigenvalue weighted by atomic mass is 10.0. The first kappa shape index (κ1) is 14.6. The van der Waals surface area contributed by atoms with Gasteiger partial charge in [0.15, 0.2) is 0 Å². The lowest BCUT2D eigenvalue weighted by Crippen LogP contribution is -2.33. The van der Waals surface area contributed by atoms with E-state index in [-0.39, 0.29) is 17.9 Å². The quantitative estimate of drug-likeness (QED) is 0.801. The van der Waals surface area contributed by atoms with Gasteiger partial charge in [-0.25, -0.2) is 0 Å². The molecule has 100 valence electrons. The molecule has 2 unspecified atom stereocenters. The molecule has 0 heterocycles. The molecule has 0 N–H and O–H groups in total. The number of hydrogen-bond acceptors (Lipinski definition) is 2. The first-order valence-electron chi connectivity index (χ1n) is 6.42. The zero-order valence-electron chi connectivity index (χ0n) is 11.9. The van der Waals surface area contributed by atoms with E-state index in [1.807, 2.05) is 52.1 Å². The summed E-state index contributed by atoms with van der Waals surface area (Å²) in [6, 6.07) is 7.85. The molecule has 0 aliphatic heterocycles. The van der Waals surface area contributed by atoms with E-state index in [1.54, 1.807) is 12.0 Å². The highest BCUT2D eigenvalue weighted by molar-refractivity contribution is 5.78. The van der Waals surface area contributed by atoms with Crippen LogP contribution >= 0.6 is 0 Å². The van der Waals surface area contributed by atoms with E-state index < -0.39 is 0 Å². The van der Waals surface area contributed by atoms with Crippen LogP contribution in [-0.4, -0.2) is 25.0 Å². The maximum Gasteiger partial charge on any atom is 0.225 e. The zero-order chi connectivity index (χ0) is 13.7. The van der Waals surface area contributed by atoms with Crippen LogP contribution in [-0.2, 0) is 4.79 Å². The Labute approximate surface area is 110 Å². The number of hydrogen-bond donors (Lipinski definition) is 0. The molecule has 3 nitrogen and oxygen atoms in total. The number of methoxy groups -OCH3 is 1. The Balaban J connectivity index is 2.92. The zero-order valence-corrected chi connectivity index (χ0v) is 11.9. The van der Waals surface area contributed by atoms with Gasteiger partial charge in [0.1, 0.15) is 5.75 Å². The Kier molecular flexibility index (Phi) is 5.20. The smallest absolute Gasteiger partial charge is 0.225 e. The standard InChI is InChI=1S/C15H23NO2/c1-6-11(2)15(17)16(4)12(3)13-9-7-8-10-14(13)18-5/h7-12H,6H2,1-5H3. The second kappa shape index (κ2) is 6.43. The van der Waals surface area contributed by atoms with Crippen LogP contribution in [0.15, 0.2) is 24.3 Å². The molecule has 18 heavy (non-hydrogen) atoms. The van der Waals surface area contributed by atoms with Crippen LogP contribution in [0.3, 0.4) is 0 Å². The number of carbonyl (C=O) groups is 1. The fourth-order valence-corrected chi connectivity index (χ4v) is 1.93. The molecule has 1 rings (SSSR count). The number of ether oxygens (including phenoxy) is 1. The van der Waals surface area contributed by atoms with E-state index in [9.17, 15) is 4.79 Å². The molecule has 0 radical (unpaired) electrons. The minimum Gasteiger partial charge on any atom is -0.496 e. The Morgan fingerprint density at radius 1 is 1.33 bits per heavy atom. The summed E-state index contributed by atoms with van der Waals surface area (Å²) in [5.41, 5.74) is 1.04. The summed E-state index contributed by atoms with van der Waals surface area (Å²) in [5, 5.41) is 0. The van der Waals surface area contributed by atoms with Gasteiger partial charge in [-0.15, -0.1) is 0 Å². The van der Waals surface area contributed by atoms with Gasteiger partial charge >= 0.3 is 0 Å². The predicted molar refractivity (Wildman–Crippen MR) is 73.6 cm³/mol. The Morgan fingerprint density at radius 2 is 1.94 bits per heavy atom. The number of amides is 1. The summed E-state index contributed by atoms with van der Waals surface area (Å²) >= 11 is 0. The molecule has 0 aliphatic rings. The average Bonchev–Trinajstić information content (AvgIpc) is 2.43. The Morgan fingerprint density at radius 3 is 2.50 bits per heavy atom. The monoisotopic (exact) mass is 249 g/mol. The topological polar surface area (TPSA) is 29.5 Å². The van der Waals surface area contributed by atoms with Crippen LogP contribution in [0.4, 0.5) is 0 Å². The molecular formula is C15H23NO2. The van der Waals surface area contributed by atoms with Crippen molar-refractivity contribution in [1.29, 1.82) is 0 Å². The van der Waals surface area contributed by atoms with Crippen molar-refractivity contribution in [3.63, 3.8) is 0 Å². The van der Waals surface area contributed by atoms with E-state index in [0.29, 0.717) is 0 Å². The molecule has 0 fully saturated rings. The minimum absolute atomic E-state index is 0.0163. The third-order valence-electron chi connectivity index (χ3n) is 3.55. The van der Waals surface area contributed by atoms with Gasteiger partial charge < -0.3 is 9.64 Å². The average molecular weight is 249 g/mol. The summed E-state index contributed by atoms with van der Waals surface area (Å²) in [4.78, 5) is 14.0. The summed E-state index contributed by atoms with van der Waals surface area (Å²) in [6.45, 7) is 6.02. The number of benzene rings is 1. The maximum atomic E-state index is 12.2. The molecule has 1 amide bonds. The van der Waals surface area contributed by atoms with E-state index in [1.165, 1.54) is 0 Å². The number of carbonyl (C=O) groups excluding carboxylic acids is 1. The van der Waals surface area contributed by atoms with Crippen LogP contribution in [0.1, 0.15) is 38.8 Å². The van der Waals surface area contributed by atoms with E-state index in [4.69, 9.17) is 4.74 Å². The van der Waals surface area contributed by atoms with Crippen molar-refractivity contribution < 1.29 is 9.53 Å². The van der Waals surface area contributed by atoms with Gasteiger partial charge in [-0.3, -0.25) is 4.79 Å². The third-order valence-corrected chi connectivity index (χ3v) is 3.55. The highest BCUT2D eigenvalue weighted by Gasteiger charge is 2.23. The van der Waals surface area contributed by atoms with Gasteiger partial charge in [0.2, 0.25) is 5.91 Å². The number of rotatable bonds is 5. The first-order valence-corrected chi connectivity index (χ1v) is 6.42. The Bertz CT molecular complexity index is 403. The van der Waals surface area contributed by atoms with Crippen LogP contribution < -0.4 is 4.74 Å². The SMILES string of the molecule is CCC(C)C(=O)N(C)C(C)c1ccccc1OC. The lowest BCUT2D eigenvalue weighted by molar-refractivity contribution is -0.135. The molecule has 3 heteroatoms. The van der Waals surface area contributed by atoms with Crippen LogP contribution in [0.25, 0.3) is 0 Å². The van der Waals surface area contributed by atoms with Crippen molar-refractivity contribution in [3.05, 3.63) is 29.8 Å². The number of para-hydroxylation sites is 1. The van der Waals surface area contributed by atoms with Crippen molar-refractivity contribution in [2.75, 3.05) is 14.2 Å². The van der Waals surface area contributed by atoms with Crippen LogP contribution in [0, 0.1) is 5.92 Å². The normalized spacial score (nSPS) is 13.8. The van der Waals surface area contributed by atoms with Crippen LogP contribution in [0.5, 0.6) is 5.75 Å². The van der Waals surface area contributed by atoms with E-state index in [0.717, 1.165) is 17.7 Å². The largest absolute Gasteiger partial charge is 0.496 e. The van der Waals surface area contributed by atoms with Gasteiger partial charge in [-0.1, -0.05) is 32.0 Å². The fraction of sp³-hybridized carbons (Fsp3) is 0.533. The fourth-order valence-electron chi connectivity index (χ4n) is 1.93. The second-order valence-corrected chi connectivity index (χ2v) is 4.68. The van der Waals surface area contributed by atoms with Gasteiger partial charge in [0, 0.05) is 18.5 Å². The molecule has 2 atom stereocenters. The van der Waals surface area contributed by atoms with Gasteiger partial charge in [-0.2, -0.15) is 0 Å². The molecular weight excluding hydrogens is 226 g/mol. The molecule has 0 spiro atoms. The van der Waals surface area contributed by atoms with Crippen LogP contribution in [0.2, 0.25) is 0 Å². The molecule has 0 bridgehead atoms. The van der Waals surface area contributed by atoms with Crippen molar-refractivity contribution in [2.45, 2.75) is 33.2 Å². The molecule has 1 aromatic carbocycles. The van der Waals surface area contributed by atoms with Crippen molar-refractivity contribution in [3.8, 4) is 5.75 Å². The van der Waals surface area contributed by atoms with Crippen molar-refractivity contribution in [2.24, 2.45) is 5.92 Å². The summed E-state index contributed by atoms with van der Waals surface area (Å²) in [5.74, 6) is 1.07. The lowest BCUT2D eigenvalue weighted by Gasteiger charge is -2.28. The number of nitrogens with zero attached hydrogens (tertiary/aromatic N) is 1. The van der Waals surface area contributed by atoms with Gasteiger partial charge in [0.25, 0.3) is 0 Å². The minimum atomic E-state index is 0.0163. The molecule has 0 aromatic heterocycles. The predicted octanol–water partition coefficient (Wildman–Crippen LogP) is 3.26. The van der Waals surface area contributed by atoms with Gasteiger partial charge in [-0.05, 0) is 19.4 Å². The molecule has 1 aromatic rings.